The number of fused-ring (bicyclic) bond motifs is 2. The van der Waals surface area contributed by atoms with Crippen molar-refractivity contribution in [1.82, 2.24) is 24.5 Å². The molecule has 0 aliphatic carbocycles. The molecule has 4 aromatic rings. The smallest absolute Gasteiger partial charge is 0.200 e. The van der Waals surface area contributed by atoms with E-state index in [-0.39, 0.29) is 25.6 Å². The Morgan fingerprint density at radius 3 is 2.86 bits per heavy atom. The standard InChI is InChI=1S/C25H29N7O2S.ClH/c1-17(29-34-11-10-33)18-4-7-24-27-28-25(32(24)15-18)35-22-5-6-23-19(13-22)12-21(14-26-23)31-9-8-20(16-31)30(2)3;/h4-7,12-15,20,33H,8-11,16H2,1-3H3;1H/t20-;/m0./s1. The van der Waals surface area contributed by atoms with Crippen molar-refractivity contribution in [2.75, 3.05) is 45.3 Å². The van der Waals surface area contributed by atoms with Gasteiger partial charge in [0.1, 0.15) is 6.61 Å². The molecule has 1 fully saturated rings. The summed E-state index contributed by atoms with van der Waals surface area (Å²) in [5.74, 6) is 0. The zero-order valence-electron chi connectivity index (χ0n) is 20.5. The maximum Gasteiger partial charge on any atom is 0.200 e. The molecule has 0 bridgehead atoms. The van der Waals surface area contributed by atoms with Crippen LogP contribution in [0.5, 0.6) is 0 Å². The lowest BCUT2D eigenvalue weighted by Crippen LogP contribution is -2.31. The van der Waals surface area contributed by atoms with Crippen LogP contribution in [0.2, 0.25) is 0 Å². The first-order valence-corrected chi connectivity index (χ1v) is 12.4. The fourth-order valence-electron chi connectivity index (χ4n) is 4.23. The lowest BCUT2D eigenvalue weighted by molar-refractivity contribution is 0.0986. The number of aliphatic hydroxyl groups excluding tert-OH is 1. The van der Waals surface area contributed by atoms with Crippen molar-refractivity contribution in [3.63, 3.8) is 0 Å². The Bertz CT molecular complexity index is 1380. The lowest BCUT2D eigenvalue weighted by atomic mass is 10.2. The Labute approximate surface area is 220 Å². The van der Waals surface area contributed by atoms with Gasteiger partial charge in [0.15, 0.2) is 10.8 Å². The summed E-state index contributed by atoms with van der Waals surface area (Å²) < 4.78 is 1.95. The van der Waals surface area contributed by atoms with Crippen LogP contribution in [0, 0.1) is 0 Å². The van der Waals surface area contributed by atoms with Gasteiger partial charge in [-0.1, -0.05) is 5.16 Å². The van der Waals surface area contributed by atoms with Crippen molar-refractivity contribution in [2.45, 2.75) is 29.4 Å². The summed E-state index contributed by atoms with van der Waals surface area (Å²) in [6.45, 7) is 4.03. The Kier molecular flexibility index (Phi) is 8.30. The van der Waals surface area contributed by atoms with Crippen LogP contribution in [0.1, 0.15) is 18.9 Å². The number of rotatable bonds is 8. The number of aliphatic hydroxyl groups is 1. The van der Waals surface area contributed by atoms with Gasteiger partial charge < -0.3 is 19.7 Å². The third-order valence-corrected chi connectivity index (χ3v) is 7.23. The number of oxime groups is 1. The minimum atomic E-state index is -0.0700. The summed E-state index contributed by atoms with van der Waals surface area (Å²) >= 11 is 1.56. The highest BCUT2D eigenvalue weighted by atomic mass is 35.5. The Morgan fingerprint density at radius 2 is 2.08 bits per heavy atom. The molecule has 1 aliphatic rings. The number of benzene rings is 1. The molecule has 0 spiro atoms. The molecule has 9 nitrogen and oxygen atoms in total. The monoisotopic (exact) mass is 527 g/mol. The average Bonchev–Trinajstić information content (AvgIpc) is 3.51. The largest absolute Gasteiger partial charge is 0.393 e. The number of anilines is 1. The summed E-state index contributed by atoms with van der Waals surface area (Å²) in [6.07, 6.45) is 5.10. The van der Waals surface area contributed by atoms with Gasteiger partial charge in [0.05, 0.1) is 29.7 Å². The molecule has 1 aliphatic heterocycles. The lowest BCUT2D eigenvalue weighted by Gasteiger charge is -2.21. The second kappa shape index (κ2) is 11.4. The molecule has 0 radical (unpaired) electrons. The van der Waals surface area contributed by atoms with Gasteiger partial charge in [-0.3, -0.25) is 9.38 Å². The quantitative estimate of drug-likeness (QED) is 0.210. The first-order chi connectivity index (χ1) is 17.0. The Hall–Kier alpha value is -2.92. The molecule has 1 aromatic carbocycles. The second-order valence-electron chi connectivity index (χ2n) is 8.86. The van der Waals surface area contributed by atoms with Crippen LogP contribution in [-0.2, 0) is 4.84 Å². The molecular formula is C25H30ClN7O2S. The molecule has 3 aromatic heterocycles. The predicted octanol–water partition coefficient (Wildman–Crippen LogP) is 3.72. The van der Waals surface area contributed by atoms with Crippen molar-refractivity contribution in [3.8, 4) is 0 Å². The highest BCUT2D eigenvalue weighted by Gasteiger charge is 2.24. The van der Waals surface area contributed by atoms with Crippen molar-refractivity contribution in [1.29, 1.82) is 0 Å². The molecule has 4 heterocycles. The highest BCUT2D eigenvalue weighted by Crippen LogP contribution is 2.31. The Morgan fingerprint density at radius 1 is 1.22 bits per heavy atom. The van der Waals surface area contributed by atoms with Crippen LogP contribution >= 0.6 is 24.2 Å². The highest BCUT2D eigenvalue weighted by molar-refractivity contribution is 7.99. The molecule has 0 amide bonds. The van der Waals surface area contributed by atoms with Crippen LogP contribution in [0.25, 0.3) is 16.6 Å². The summed E-state index contributed by atoms with van der Waals surface area (Å²) in [5.41, 5.74) is 4.51. The van der Waals surface area contributed by atoms with E-state index >= 15 is 0 Å². The number of likely N-dealkylation sites (N-methyl/N-ethyl adjacent to an activating group) is 1. The molecule has 0 unspecified atom stereocenters. The minimum Gasteiger partial charge on any atom is -0.393 e. The SMILES string of the molecule is CC(=NOCCO)c1ccc2nnc(Sc3ccc4ncc(N5CC[C@H](N(C)C)C5)cc4c3)n2c1.Cl. The molecule has 1 N–H and O–H groups in total. The van der Waals surface area contributed by atoms with Gasteiger partial charge in [0.25, 0.3) is 0 Å². The van der Waals surface area contributed by atoms with Crippen molar-refractivity contribution >= 4 is 52.1 Å². The van der Waals surface area contributed by atoms with Gasteiger partial charge in [0, 0.05) is 41.2 Å². The van der Waals surface area contributed by atoms with Crippen LogP contribution in [0.4, 0.5) is 5.69 Å². The molecule has 1 atom stereocenters. The van der Waals surface area contributed by atoms with Crippen molar-refractivity contribution < 1.29 is 9.94 Å². The molecule has 1 saturated heterocycles. The molecule has 5 rings (SSSR count). The summed E-state index contributed by atoms with van der Waals surface area (Å²) in [7, 11) is 4.29. The number of halogens is 1. The summed E-state index contributed by atoms with van der Waals surface area (Å²) in [5, 5.41) is 23.5. The molecule has 0 saturated carbocycles. The van der Waals surface area contributed by atoms with E-state index in [0.29, 0.717) is 11.8 Å². The topological polar surface area (TPSA) is 91.4 Å². The molecule has 190 valence electrons. The van der Waals surface area contributed by atoms with E-state index in [9.17, 15) is 0 Å². The number of hydrogen-bond donors (Lipinski definition) is 1. The average molecular weight is 528 g/mol. The number of hydrogen-bond acceptors (Lipinski definition) is 9. The Balaban J connectivity index is 0.00000304. The fraction of sp³-hybridized carbons (Fsp3) is 0.360. The first kappa shape index (κ1) is 26.2. The number of aromatic nitrogens is 4. The second-order valence-corrected chi connectivity index (χ2v) is 9.90. The van der Waals surface area contributed by atoms with Gasteiger partial charge in [-0.25, -0.2) is 0 Å². The fourth-order valence-corrected chi connectivity index (χ4v) is 5.09. The van der Waals surface area contributed by atoms with E-state index in [1.54, 1.807) is 11.8 Å². The van der Waals surface area contributed by atoms with Gasteiger partial charge in [0.2, 0.25) is 0 Å². The van der Waals surface area contributed by atoms with Gasteiger partial charge in [-0.2, -0.15) is 0 Å². The van der Waals surface area contributed by atoms with Crippen LogP contribution in [0.3, 0.4) is 0 Å². The number of nitrogens with zero attached hydrogens (tertiary/aromatic N) is 7. The van der Waals surface area contributed by atoms with E-state index in [1.165, 1.54) is 12.1 Å². The summed E-state index contributed by atoms with van der Waals surface area (Å²) in [6, 6.07) is 12.9. The minimum absolute atomic E-state index is 0. The molecule has 11 heteroatoms. The van der Waals surface area contributed by atoms with E-state index < -0.39 is 0 Å². The summed E-state index contributed by atoms with van der Waals surface area (Å²) in [4.78, 5) is 15.6. The van der Waals surface area contributed by atoms with Crippen LogP contribution in [0.15, 0.2) is 64.0 Å². The van der Waals surface area contributed by atoms with E-state index in [2.05, 4.69) is 63.5 Å². The van der Waals surface area contributed by atoms with Gasteiger partial charge in [-0.15, -0.1) is 22.6 Å². The van der Waals surface area contributed by atoms with Gasteiger partial charge >= 0.3 is 0 Å². The van der Waals surface area contributed by atoms with Crippen molar-refractivity contribution in [2.24, 2.45) is 5.16 Å². The van der Waals surface area contributed by atoms with Gasteiger partial charge in [-0.05, 0) is 75.6 Å². The van der Waals surface area contributed by atoms with E-state index in [4.69, 9.17) is 14.9 Å². The normalized spacial score (nSPS) is 16.2. The zero-order valence-corrected chi connectivity index (χ0v) is 22.2. The third-order valence-electron chi connectivity index (χ3n) is 6.28. The number of pyridine rings is 2. The third kappa shape index (κ3) is 5.57. The van der Waals surface area contributed by atoms with Crippen molar-refractivity contribution in [3.05, 3.63) is 54.4 Å². The predicted molar refractivity (Wildman–Crippen MR) is 146 cm³/mol. The molecular weight excluding hydrogens is 498 g/mol. The van der Waals surface area contributed by atoms with E-state index in [1.807, 2.05) is 35.9 Å². The van der Waals surface area contributed by atoms with Crippen LogP contribution < -0.4 is 4.90 Å². The van der Waals surface area contributed by atoms with Crippen LogP contribution in [-0.4, -0.2) is 81.7 Å². The zero-order chi connectivity index (χ0) is 24.4. The maximum absolute atomic E-state index is 8.88. The van der Waals surface area contributed by atoms with E-state index in [0.717, 1.165) is 45.3 Å². The molecule has 36 heavy (non-hydrogen) atoms. The maximum atomic E-state index is 8.88. The first-order valence-electron chi connectivity index (χ1n) is 11.6.